The number of ether oxygens (including phenoxy) is 1. The lowest BCUT2D eigenvalue weighted by Gasteiger charge is -2.07. The topological polar surface area (TPSA) is 98.5 Å². The zero-order valence-electron chi connectivity index (χ0n) is 13.1. The second-order valence-electron chi connectivity index (χ2n) is 5.32. The molecule has 0 saturated heterocycles. The van der Waals surface area contributed by atoms with Crippen LogP contribution in [0.4, 0.5) is 5.69 Å². The molecular weight excluding hydrogens is 328 g/mol. The van der Waals surface area contributed by atoms with Gasteiger partial charge in [-0.05, 0) is 36.2 Å². The van der Waals surface area contributed by atoms with Crippen molar-refractivity contribution in [1.82, 2.24) is 0 Å². The fourth-order valence-electron chi connectivity index (χ4n) is 2.08. The Hall–Kier alpha value is -2.38. The summed E-state index contributed by atoms with van der Waals surface area (Å²) in [6.45, 7) is 0.463. The molecule has 0 fully saturated rings. The van der Waals surface area contributed by atoms with E-state index in [-0.39, 0.29) is 11.7 Å². The Morgan fingerprint density at radius 3 is 2.33 bits per heavy atom. The zero-order valence-corrected chi connectivity index (χ0v) is 14.0. The van der Waals surface area contributed by atoms with E-state index in [2.05, 4.69) is 5.32 Å². The monoisotopic (exact) mass is 348 g/mol. The third kappa shape index (κ3) is 6.80. The molecule has 0 heterocycles. The predicted octanol–water partition coefficient (Wildman–Crippen LogP) is 2.27. The summed E-state index contributed by atoms with van der Waals surface area (Å²) in [5.74, 6) is 0.437. The lowest BCUT2D eigenvalue weighted by Crippen LogP contribution is -2.15. The molecular formula is C17H20N2O4S. The minimum atomic E-state index is -3.55. The van der Waals surface area contributed by atoms with Crippen LogP contribution in [-0.4, -0.2) is 20.9 Å². The summed E-state index contributed by atoms with van der Waals surface area (Å²) >= 11 is 0. The summed E-state index contributed by atoms with van der Waals surface area (Å²) in [5.41, 5.74) is 1.19. The van der Waals surface area contributed by atoms with Crippen LogP contribution in [0, 0.1) is 0 Å². The van der Waals surface area contributed by atoms with E-state index in [1.54, 1.807) is 24.3 Å². The van der Waals surface area contributed by atoms with Gasteiger partial charge in [-0.15, -0.1) is 0 Å². The third-order valence-corrected chi connectivity index (χ3v) is 3.90. The van der Waals surface area contributed by atoms with Gasteiger partial charge in [-0.25, -0.2) is 13.6 Å². The number of primary sulfonamides is 1. The molecule has 0 atom stereocenters. The number of carbonyl (C=O) groups excluding carboxylic acids is 1. The van der Waals surface area contributed by atoms with Gasteiger partial charge in [0.2, 0.25) is 15.9 Å². The summed E-state index contributed by atoms with van der Waals surface area (Å²) in [7, 11) is -3.55. The maximum Gasteiger partial charge on any atom is 0.224 e. The van der Waals surface area contributed by atoms with Gasteiger partial charge in [0.25, 0.3) is 0 Å². The van der Waals surface area contributed by atoms with E-state index in [4.69, 9.17) is 9.88 Å². The highest BCUT2D eigenvalue weighted by Gasteiger charge is 2.06. The van der Waals surface area contributed by atoms with Crippen LogP contribution in [-0.2, 0) is 20.6 Å². The number of amides is 1. The van der Waals surface area contributed by atoms with Crippen LogP contribution in [0.5, 0.6) is 5.75 Å². The van der Waals surface area contributed by atoms with Gasteiger partial charge in [-0.3, -0.25) is 4.79 Å². The van der Waals surface area contributed by atoms with Crippen molar-refractivity contribution in [1.29, 1.82) is 0 Å². The molecule has 3 N–H and O–H groups in total. The van der Waals surface area contributed by atoms with Crippen molar-refractivity contribution >= 4 is 21.6 Å². The smallest absolute Gasteiger partial charge is 0.224 e. The van der Waals surface area contributed by atoms with Crippen molar-refractivity contribution in [3.63, 3.8) is 0 Å². The quantitative estimate of drug-likeness (QED) is 0.715. The average molecular weight is 348 g/mol. The van der Waals surface area contributed by atoms with E-state index >= 15 is 0 Å². The SMILES string of the molecule is NS(=O)(=O)Cc1ccc(NC(=O)CCCOc2ccccc2)cc1. The van der Waals surface area contributed by atoms with Crippen LogP contribution in [0.15, 0.2) is 54.6 Å². The number of hydrogen-bond acceptors (Lipinski definition) is 4. The van der Waals surface area contributed by atoms with Gasteiger partial charge in [0.15, 0.2) is 0 Å². The fraction of sp³-hybridized carbons (Fsp3) is 0.235. The average Bonchev–Trinajstić information content (AvgIpc) is 2.53. The number of nitrogens with one attached hydrogen (secondary N) is 1. The van der Waals surface area contributed by atoms with Gasteiger partial charge in [0.05, 0.1) is 12.4 Å². The molecule has 0 aliphatic rings. The van der Waals surface area contributed by atoms with Gasteiger partial charge in [-0.1, -0.05) is 30.3 Å². The lowest BCUT2D eigenvalue weighted by atomic mass is 10.2. The second kappa shape index (κ2) is 8.47. The minimum absolute atomic E-state index is 0.120. The Bertz CT molecular complexity index is 759. The van der Waals surface area contributed by atoms with Crippen molar-refractivity contribution in [2.24, 2.45) is 5.14 Å². The minimum Gasteiger partial charge on any atom is -0.494 e. The Kier molecular flexibility index (Phi) is 6.34. The standard InChI is InChI=1S/C17H20N2O4S/c18-24(21,22)13-14-8-10-15(11-9-14)19-17(20)7-4-12-23-16-5-2-1-3-6-16/h1-3,5-6,8-11H,4,7,12-13H2,(H,19,20)(H2,18,21,22). The molecule has 7 heteroatoms. The third-order valence-electron chi connectivity index (χ3n) is 3.17. The van der Waals surface area contributed by atoms with Crippen molar-refractivity contribution in [2.45, 2.75) is 18.6 Å². The number of benzene rings is 2. The highest BCUT2D eigenvalue weighted by atomic mass is 32.2. The number of carbonyl (C=O) groups is 1. The molecule has 24 heavy (non-hydrogen) atoms. The maximum absolute atomic E-state index is 11.9. The van der Waals surface area contributed by atoms with E-state index in [0.717, 1.165) is 5.75 Å². The molecule has 0 aliphatic heterocycles. The Balaban J connectivity index is 1.72. The molecule has 0 aliphatic carbocycles. The van der Waals surface area contributed by atoms with Crippen LogP contribution in [0.3, 0.4) is 0 Å². The molecule has 0 saturated carbocycles. The van der Waals surface area contributed by atoms with Gasteiger partial charge < -0.3 is 10.1 Å². The molecule has 1 amide bonds. The largest absolute Gasteiger partial charge is 0.494 e. The van der Waals surface area contributed by atoms with E-state index in [0.29, 0.717) is 30.7 Å². The molecule has 0 aromatic heterocycles. The van der Waals surface area contributed by atoms with Crippen molar-refractivity contribution in [2.75, 3.05) is 11.9 Å². The van der Waals surface area contributed by atoms with Gasteiger partial charge in [-0.2, -0.15) is 0 Å². The van der Waals surface area contributed by atoms with Crippen molar-refractivity contribution in [3.8, 4) is 5.75 Å². The van der Waals surface area contributed by atoms with Crippen molar-refractivity contribution < 1.29 is 17.9 Å². The fourth-order valence-corrected chi connectivity index (χ4v) is 2.74. The molecule has 0 radical (unpaired) electrons. The number of para-hydroxylation sites is 1. The summed E-state index contributed by atoms with van der Waals surface area (Å²) in [6, 6.07) is 16.0. The summed E-state index contributed by atoms with van der Waals surface area (Å²) in [4.78, 5) is 11.9. The molecule has 128 valence electrons. The molecule has 6 nitrogen and oxygen atoms in total. The van der Waals surface area contributed by atoms with Crippen molar-refractivity contribution in [3.05, 3.63) is 60.2 Å². The van der Waals surface area contributed by atoms with Crippen LogP contribution in [0.2, 0.25) is 0 Å². The normalized spacial score (nSPS) is 11.0. The molecule has 2 aromatic carbocycles. The highest BCUT2D eigenvalue weighted by molar-refractivity contribution is 7.88. The van der Waals surface area contributed by atoms with Gasteiger partial charge in [0, 0.05) is 12.1 Å². The van der Waals surface area contributed by atoms with E-state index in [1.165, 1.54) is 0 Å². The number of nitrogens with two attached hydrogens (primary N) is 1. The summed E-state index contributed by atoms with van der Waals surface area (Å²) < 4.78 is 27.5. The Labute approximate surface area is 141 Å². The van der Waals surface area contributed by atoms with Crippen LogP contribution < -0.4 is 15.2 Å². The Morgan fingerprint density at radius 1 is 1.04 bits per heavy atom. The first-order valence-electron chi connectivity index (χ1n) is 7.49. The van der Waals surface area contributed by atoms with Crippen LogP contribution >= 0.6 is 0 Å². The maximum atomic E-state index is 11.9. The van der Waals surface area contributed by atoms with E-state index < -0.39 is 10.0 Å². The van der Waals surface area contributed by atoms with Gasteiger partial charge in [0.1, 0.15) is 5.75 Å². The molecule has 0 spiro atoms. The predicted molar refractivity (Wildman–Crippen MR) is 93.1 cm³/mol. The summed E-state index contributed by atoms with van der Waals surface area (Å²) in [5, 5.41) is 7.74. The number of sulfonamides is 1. The first kappa shape index (κ1) is 18.0. The van der Waals surface area contributed by atoms with E-state index in [9.17, 15) is 13.2 Å². The molecule has 2 aromatic rings. The highest BCUT2D eigenvalue weighted by Crippen LogP contribution is 2.12. The number of rotatable bonds is 8. The second-order valence-corrected chi connectivity index (χ2v) is 6.93. The first-order valence-corrected chi connectivity index (χ1v) is 9.21. The summed E-state index contributed by atoms with van der Waals surface area (Å²) in [6.07, 6.45) is 0.940. The molecule has 2 rings (SSSR count). The van der Waals surface area contributed by atoms with Crippen LogP contribution in [0.1, 0.15) is 18.4 Å². The van der Waals surface area contributed by atoms with Crippen LogP contribution in [0.25, 0.3) is 0 Å². The zero-order chi connectivity index (χ0) is 17.4. The lowest BCUT2D eigenvalue weighted by molar-refractivity contribution is -0.116. The molecule has 0 bridgehead atoms. The molecule has 0 unspecified atom stereocenters. The Morgan fingerprint density at radius 2 is 1.71 bits per heavy atom. The van der Waals surface area contributed by atoms with E-state index in [1.807, 2.05) is 30.3 Å². The van der Waals surface area contributed by atoms with Gasteiger partial charge >= 0.3 is 0 Å². The number of hydrogen-bond donors (Lipinski definition) is 2. The number of anilines is 1. The first-order chi connectivity index (χ1) is 11.4.